The molecule has 0 radical (unpaired) electrons. The lowest BCUT2D eigenvalue weighted by Gasteiger charge is -2.22. The highest BCUT2D eigenvalue weighted by molar-refractivity contribution is 5.56. The smallest absolute Gasteiger partial charge is 0.230 e. The number of aromatic nitrogens is 6. The molecule has 9 nitrogen and oxygen atoms in total. The fraction of sp³-hybridized carbons (Fsp3) is 0.440. The minimum absolute atomic E-state index is 0.323. The molecule has 0 aliphatic carbocycles. The van der Waals surface area contributed by atoms with Gasteiger partial charge in [-0.15, -0.1) is 0 Å². The zero-order valence-corrected chi connectivity index (χ0v) is 20.2. The molecule has 34 heavy (non-hydrogen) atoms. The first-order valence-electron chi connectivity index (χ1n) is 12.1. The topological polar surface area (TPSA) is 79.4 Å². The molecule has 1 saturated heterocycles. The van der Waals surface area contributed by atoms with E-state index < -0.39 is 0 Å². The van der Waals surface area contributed by atoms with E-state index >= 15 is 0 Å². The van der Waals surface area contributed by atoms with Gasteiger partial charge in [-0.3, -0.25) is 0 Å². The lowest BCUT2D eigenvalue weighted by atomic mass is 10.1. The molecule has 0 bridgehead atoms. The Bertz CT molecular complexity index is 1220. The molecule has 0 spiro atoms. The van der Waals surface area contributed by atoms with Crippen molar-refractivity contribution in [2.45, 2.75) is 39.2 Å². The molecule has 5 rings (SSSR count). The van der Waals surface area contributed by atoms with Gasteiger partial charge in [-0.25, -0.2) is 4.68 Å². The normalized spacial score (nSPS) is 14.4. The van der Waals surface area contributed by atoms with E-state index in [1.54, 1.807) is 6.20 Å². The average Bonchev–Trinajstić information content (AvgIpc) is 3.62. The Balaban J connectivity index is 1.43. The van der Waals surface area contributed by atoms with E-state index in [2.05, 4.69) is 58.3 Å². The first-order chi connectivity index (χ1) is 16.6. The number of hydrogen-bond donors (Lipinski definition) is 1. The number of fused-ring (bicyclic) bond motifs is 1. The van der Waals surface area contributed by atoms with Gasteiger partial charge in [0, 0.05) is 44.6 Å². The van der Waals surface area contributed by atoms with Crippen LogP contribution >= 0.6 is 0 Å². The van der Waals surface area contributed by atoms with Gasteiger partial charge in [0.2, 0.25) is 11.9 Å². The van der Waals surface area contributed by atoms with Crippen molar-refractivity contribution in [3.05, 3.63) is 60.0 Å². The fourth-order valence-electron chi connectivity index (χ4n) is 4.44. The zero-order chi connectivity index (χ0) is 23.5. The van der Waals surface area contributed by atoms with E-state index in [1.807, 2.05) is 39.8 Å². The van der Waals surface area contributed by atoms with Gasteiger partial charge in [0.25, 0.3) is 0 Å². The molecular formula is C25H33N9. The van der Waals surface area contributed by atoms with Crippen LogP contribution in [0.1, 0.15) is 43.7 Å². The molecule has 1 aliphatic heterocycles. The Hall–Kier alpha value is -3.46. The Morgan fingerprint density at radius 1 is 1.06 bits per heavy atom. The Morgan fingerprint density at radius 2 is 1.88 bits per heavy atom. The minimum Gasteiger partial charge on any atom is -0.350 e. The van der Waals surface area contributed by atoms with Crippen molar-refractivity contribution in [2.24, 2.45) is 0 Å². The van der Waals surface area contributed by atoms with Crippen molar-refractivity contribution in [3.63, 3.8) is 0 Å². The summed E-state index contributed by atoms with van der Waals surface area (Å²) in [6, 6.07) is 10.2. The van der Waals surface area contributed by atoms with Crippen LogP contribution in [0.2, 0.25) is 0 Å². The van der Waals surface area contributed by atoms with E-state index in [0.29, 0.717) is 18.4 Å². The van der Waals surface area contributed by atoms with E-state index in [-0.39, 0.29) is 0 Å². The molecule has 0 atom stereocenters. The van der Waals surface area contributed by atoms with Crippen LogP contribution in [0.3, 0.4) is 0 Å². The third kappa shape index (κ3) is 4.61. The molecule has 1 aliphatic rings. The second kappa shape index (κ2) is 9.80. The number of nitrogens with one attached hydrogen (secondary N) is 1. The predicted octanol–water partition coefficient (Wildman–Crippen LogP) is 3.58. The monoisotopic (exact) mass is 459 g/mol. The van der Waals surface area contributed by atoms with Gasteiger partial charge in [-0.1, -0.05) is 32.0 Å². The second-order valence-electron chi connectivity index (χ2n) is 9.24. The molecule has 0 unspecified atom stereocenters. The molecular weight excluding hydrogens is 426 g/mol. The number of likely N-dealkylation sites (N-methyl/N-ethyl adjacent to an activating group) is 1. The second-order valence-corrected chi connectivity index (χ2v) is 9.24. The summed E-state index contributed by atoms with van der Waals surface area (Å²) >= 11 is 0. The summed E-state index contributed by atoms with van der Waals surface area (Å²) in [4.78, 5) is 14.5. The van der Waals surface area contributed by atoms with Gasteiger partial charge < -0.3 is 15.1 Å². The molecule has 3 aromatic heterocycles. The van der Waals surface area contributed by atoms with Gasteiger partial charge in [0.15, 0.2) is 5.65 Å². The SMILES string of the molecule is CC(C)c1cnn2c(NCc3ccccc3-n3cccn3)nc(N(C)CCN3CCCC3)nc12. The van der Waals surface area contributed by atoms with Crippen molar-refractivity contribution >= 4 is 17.5 Å². The summed E-state index contributed by atoms with van der Waals surface area (Å²) in [5, 5.41) is 12.5. The Morgan fingerprint density at radius 3 is 2.65 bits per heavy atom. The zero-order valence-electron chi connectivity index (χ0n) is 20.2. The number of benzene rings is 1. The van der Waals surface area contributed by atoms with E-state index in [0.717, 1.165) is 41.5 Å². The molecule has 1 N–H and O–H groups in total. The van der Waals surface area contributed by atoms with Gasteiger partial charge in [-0.2, -0.15) is 24.7 Å². The summed E-state index contributed by atoms with van der Waals surface area (Å²) in [5.41, 5.74) is 4.14. The number of hydrogen-bond acceptors (Lipinski definition) is 7. The quantitative estimate of drug-likeness (QED) is 0.410. The summed E-state index contributed by atoms with van der Waals surface area (Å²) in [6.45, 7) is 9.24. The number of likely N-dealkylation sites (tertiary alicyclic amines) is 1. The maximum absolute atomic E-state index is 4.92. The minimum atomic E-state index is 0.323. The molecule has 4 aromatic rings. The highest BCUT2D eigenvalue weighted by Gasteiger charge is 2.18. The first kappa shape index (κ1) is 22.3. The Labute approximate surface area is 200 Å². The Kier molecular flexibility index (Phi) is 6.44. The molecule has 0 amide bonds. The summed E-state index contributed by atoms with van der Waals surface area (Å²) in [6.07, 6.45) is 8.25. The van der Waals surface area contributed by atoms with Crippen LogP contribution in [0.15, 0.2) is 48.9 Å². The summed E-state index contributed by atoms with van der Waals surface area (Å²) < 4.78 is 3.71. The van der Waals surface area contributed by atoms with Gasteiger partial charge in [0.1, 0.15) is 0 Å². The maximum Gasteiger partial charge on any atom is 0.230 e. The van der Waals surface area contributed by atoms with E-state index in [9.17, 15) is 0 Å². The van der Waals surface area contributed by atoms with Crippen LogP contribution in [-0.2, 0) is 6.54 Å². The number of para-hydroxylation sites is 1. The van der Waals surface area contributed by atoms with Crippen LogP contribution in [-0.4, -0.2) is 67.5 Å². The van der Waals surface area contributed by atoms with Crippen molar-refractivity contribution in [1.29, 1.82) is 0 Å². The number of nitrogens with zero attached hydrogens (tertiary/aromatic N) is 8. The van der Waals surface area contributed by atoms with Crippen LogP contribution in [0.5, 0.6) is 0 Å². The molecule has 0 saturated carbocycles. The highest BCUT2D eigenvalue weighted by atomic mass is 15.4. The predicted molar refractivity (Wildman–Crippen MR) is 135 cm³/mol. The number of anilines is 2. The summed E-state index contributed by atoms with van der Waals surface area (Å²) in [7, 11) is 2.07. The van der Waals surface area contributed by atoms with Crippen molar-refractivity contribution in [2.75, 3.05) is 43.4 Å². The maximum atomic E-state index is 4.92. The van der Waals surface area contributed by atoms with Crippen LogP contribution < -0.4 is 10.2 Å². The van der Waals surface area contributed by atoms with Gasteiger partial charge in [0.05, 0.1) is 11.9 Å². The molecule has 4 heterocycles. The van der Waals surface area contributed by atoms with Gasteiger partial charge >= 0.3 is 0 Å². The average molecular weight is 460 g/mol. The van der Waals surface area contributed by atoms with E-state index in [4.69, 9.17) is 9.97 Å². The molecule has 9 heteroatoms. The van der Waals surface area contributed by atoms with Crippen molar-refractivity contribution in [1.82, 2.24) is 34.3 Å². The fourth-order valence-corrected chi connectivity index (χ4v) is 4.44. The lowest BCUT2D eigenvalue weighted by Crippen LogP contribution is -2.32. The standard InChI is InChI=1S/C25H33N9/c1-19(2)21-18-28-34-23(21)29-25(31(3)15-16-32-12-6-7-13-32)30-24(34)26-17-20-9-4-5-10-22(20)33-14-8-11-27-33/h4-5,8-11,14,18-19H,6-7,12-13,15-17H2,1-3H3,(H,26,29,30). The van der Waals surface area contributed by atoms with Crippen LogP contribution in [0.25, 0.3) is 11.3 Å². The lowest BCUT2D eigenvalue weighted by molar-refractivity contribution is 0.346. The largest absolute Gasteiger partial charge is 0.350 e. The third-order valence-corrected chi connectivity index (χ3v) is 6.48. The molecule has 1 fully saturated rings. The van der Waals surface area contributed by atoms with Crippen LogP contribution in [0.4, 0.5) is 11.9 Å². The van der Waals surface area contributed by atoms with Gasteiger partial charge in [-0.05, 0) is 49.5 Å². The highest BCUT2D eigenvalue weighted by Crippen LogP contribution is 2.24. The van der Waals surface area contributed by atoms with Crippen molar-refractivity contribution in [3.8, 4) is 5.69 Å². The van der Waals surface area contributed by atoms with E-state index in [1.165, 1.54) is 25.9 Å². The van der Waals surface area contributed by atoms with Crippen LogP contribution in [0, 0.1) is 0 Å². The summed E-state index contributed by atoms with van der Waals surface area (Å²) in [5.74, 6) is 1.73. The number of rotatable bonds is 9. The molecule has 1 aromatic carbocycles. The first-order valence-corrected chi connectivity index (χ1v) is 12.1. The third-order valence-electron chi connectivity index (χ3n) is 6.48. The van der Waals surface area contributed by atoms with Crippen molar-refractivity contribution < 1.29 is 0 Å². The molecule has 178 valence electrons.